The monoisotopic (exact) mass is 348 g/mol. The summed E-state index contributed by atoms with van der Waals surface area (Å²) in [5.41, 5.74) is 0.910. The summed E-state index contributed by atoms with van der Waals surface area (Å²) in [6, 6.07) is 5.59. The van der Waals surface area contributed by atoms with Crippen LogP contribution in [0.1, 0.15) is 5.69 Å². The Kier molecular flexibility index (Phi) is 4.48. The molecule has 1 N–H and O–H groups in total. The number of hydrogen-bond donors (Lipinski definition) is 1. The first kappa shape index (κ1) is 16.0. The fourth-order valence-corrected chi connectivity index (χ4v) is 2.39. The molecule has 1 aromatic heterocycles. The van der Waals surface area contributed by atoms with Gasteiger partial charge in [0.2, 0.25) is 12.4 Å². The SMILES string of the molecule is Cc1cc(Cl)nc(NC(=O)N(C=O)c2ccc3c(c2)OCCO3)n1. The molecule has 0 unspecified atom stereocenters. The van der Waals surface area contributed by atoms with Gasteiger partial charge >= 0.3 is 6.03 Å². The van der Waals surface area contributed by atoms with Crippen molar-refractivity contribution in [3.05, 3.63) is 35.1 Å². The summed E-state index contributed by atoms with van der Waals surface area (Å²) in [6.45, 7) is 2.57. The second-order valence-electron chi connectivity index (χ2n) is 4.89. The molecule has 0 aliphatic carbocycles. The summed E-state index contributed by atoms with van der Waals surface area (Å²) in [5, 5.41) is 2.62. The lowest BCUT2D eigenvalue weighted by atomic mass is 10.2. The first-order valence-corrected chi connectivity index (χ1v) is 7.41. The second-order valence-corrected chi connectivity index (χ2v) is 5.28. The average Bonchev–Trinajstić information content (AvgIpc) is 2.54. The molecule has 0 fully saturated rings. The lowest BCUT2D eigenvalue weighted by molar-refractivity contribution is -0.106. The van der Waals surface area contributed by atoms with Crippen LogP contribution in [0.15, 0.2) is 24.3 Å². The highest BCUT2D eigenvalue weighted by Gasteiger charge is 2.20. The highest BCUT2D eigenvalue weighted by Crippen LogP contribution is 2.33. The van der Waals surface area contributed by atoms with Crippen molar-refractivity contribution in [1.29, 1.82) is 0 Å². The van der Waals surface area contributed by atoms with Crippen LogP contribution in [-0.4, -0.2) is 35.6 Å². The van der Waals surface area contributed by atoms with Gasteiger partial charge in [0.15, 0.2) is 11.5 Å². The number of benzene rings is 1. The molecular weight excluding hydrogens is 336 g/mol. The van der Waals surface area contributed by atoms with Crippen molar-refractivity contribution in [2.75, 3.05) is 23.4 Å². The van der Waals surface area contributed by atoms with Gasteiger partial charge in [-0.1, -0.05) is 11.6 Å². The van der Waals surface area contributed by atoms with Crippen LogP contribution in [0.2, 0.25) is 5.15 Å². The van der Waals surface area contributed by atoms with Gasteiger partial charge in [0.1, 0.15) is 18.4 Å². The van der Waals surface area contributed by atoms with Crippen LogP contribution >= 0.6 is 11.6 Å². The fourth-order valence-electron chi connectivity index (χ4n) is 2.15. The summed E-state index contributed by atoms with van der Waals surface area (Å²) < 4.78 is 10.9. The molecular formula is C15H13ClN4O4. The van der Waals surface area contributed by atoms with Gasteiger partial charge in [0, 0.05) is 11.8 Å². The molecule has 2 aromatic rings. The fraction of sp³-hybridized carbons (Fsp3) is 0.200. The normalized spacial score (nSPS) is 12.4. The Morgan fingerprint density at radius 3 is 2.71 bits per heavy atom. The van der Waals surface area contributed by atoms with Crippen molar-refractivity contribution >= 4 is 35.7 Å². The van der Waals surface area contributed by atoms with Gasteiger partial charge in [-0.25, -0.2) is 19.7 Å². The van der Waals surface area contributed by atoms with Gasteiger partial charge in [0.05, 0.1) is 5.69 Å². The Labute approximate surface area is 142 Å². The van der Waals surface area contributed by atoms with E-state index in [9.17, 15) is 9.59 Å². The summed E-state index contributed by atoms with van der Waals surface area (Å²) in [7, 11) is 0. The lowest BCUT2D eigenvalue weighted by Gasteiger charge is -2.21. The van der Waals surface area contributed by atoms with Gasteiger partial charge in [-0.05, 0) is 25.1 Å². The minimum Gasteiger partial charge on any atom is -0.486 e. The Morgan fingerprint density at radius 1 is 1.25 bits per heavy atom. The maximum absolute atomic E-state index is 12.3. The largest absolute Gasteiger partial charge is 0.486 e. The van der Waals surface area contributed by atoms with Crippen molar-refractivity contribution in [3.63, 3.8) is 0 Å². The van der Waals surface area contributed by atoms with Crippen molar-refractivity contribution in [2.45, 2.75) is 6.92 Å². The van der Waals surface area contributed by atoms with Crippen molar-refractivity contribution < 1.29 is 19.1 Å². The lowest BCUT2D eigenvalue weighted by Crippen LogP contribution is -2.34. The molecule has 1 aliphatic rings. The molecule has 124 valence electrons. The quantitative estimate of drug-likeness (QED) is 0.676. The number of aryl methyl sites for hydroxylation is 1. The van der Waals surface area contributed by atoms with E-state index in [1.807, 2.05) is 0 Å². The summed E-state index contributed by atoms with van der Waals surface area (Å²) >= 11 is 5.83. The number of anilines is 2. The van der Waals surface area contributed by atoms with E-state index >= 15 is 0 Å². The van der Waals surface area contributed by atoms with Gasteiger partial charge in [-0.2, -0.15) is 0 Å². The Morgan fingerprint density at radius 2 is 2.00 bits per heavy atom. The Balaban J connectivity index is 1.82. The zero-order chi connectivity index (χ0) is 17.1. The van der Waals surface area contributed by atoms with Crippen LogP contribution < -0.4 is 19.7 Å². The van der Waals surface area contributed by atoms with Gasteiger partial charge in [0.25, 0.3) is 0 Å². The minimum absolute atomic E-state index is 0.00870. The van der Waals surface area contributed by atoms with E-state index < -0.39 is 6.03 Å². The van der Waals surface area contributed by atoms with Crippen molar-refractivity contribution in [3.8, 4) is 11.5 Å². The first-order valence-electron chi connectivity index (χ1n) is 7.03. The number of hydrogen-bond acceptors (Lipinski definition) is 6. The molecule has 3 rings (SSSR count). The van der Waals surface area contributed by atoms with Crippen molar-refractivity contribution in [1.82, 2.24) is 9.97 Å². The summed E-state index contributed by atoms with van der Waals surface area (Å²) in [4.78, 5) is 32.5. The Bertz CT molecular complexity index is 779. The van der Waals surface area contributed by atoms with E-state index in [4.69, 9.17) is 21.1 Å². The van der Waals surface area contributed by atoms with Gasteiger partial charge < -0.3 is 9.47 Å². The number of rotatable bonds is 3. The number of amides is 3. The molecule has 0 atom stereocenters. The molecule has 9 heteroatoms. The number of nitrogens with zero attached hydrogens (tertiary/aromatic N) is 3. The maximum atomic E-state index is 12.3. The van der Waals surface area contributed by atoms with Gasteiger partial charge in [-0.3, -0.25) is 10.1 Å². The smallest absolute Gasteiger partial charge is 0.335 e. The molecule has 0 saturated heterocycles. The van der Waals surface area contributed by atoms with E-state index in [0.717, 1.165) is 4.90 Å². The molecule has 0 saturated carbocycles. The third-order valence-corrected chi connectivity index (χ3v) is 3.36. The number of urea groups is 1. The summed E-state index contributed by atoms with van der Waals surface area (Å²) in [5.74, 6) is 1.03. The summed E-state index contributed by atoms with van der Waals surface area (Å²) in [6.07, 6.45) is 0.387. The van der Waals surface area contributed by atoms with E-state index in [1.165, 1.54) is 0 Å². The number of carbonyl (C=O) groups is 2. The number of aromatic nitrogens is 2. The highest BCUT2D eigenvalue weighted by molar-refractivity contribution is 6.29. The topological polar surface area (TPSA) is 93.7 Å². The number of fused-ring (bicyclic) bond motifs is 1. The van der Waals surface area contributed by atoms with E-state index in [-0.39, 0.29) is 11.1 Å². The number of ether oxygens (including phenoxy) is 2. The van der Waals surface area contributed by atoms with Crippen LogP contribution in [0.3, 0.4) is 0 Å². The number of nitrogens with one attached hydrogen (secondary N) is 1. The minimum atomic E-state index is -0.719. The third kappa shape index (κ3) is 3.38. The molecule has 2 heterocycles. The van der Waals surface area contributed by atoms with Crippen molar-refractivity contribution in [2.24, 2.45) is 0 Å². The molecule has 1 aliphatic heterocycles. The van der Waals surface area contributed by atoms with Crippen LogP contribution in [0.25, 0.3) is 0 Å². The van der Waals surface area contributed by atoms with Crippen LogP contribution in [0, 0.1) is 6.92 Å². The van der Waals surface area contributed by atoms with E-state index in [0.29, 0.717) is 42.5 Å². The maximum Gasteiger partial charge on any atom is 0.335 e. The van der Waals surface area contributed by atoms with E-state index in [1.54, 1.807) is 31.2 Å². The average molecular weight is 349 g/mol. The molecule has 1 aromatic carbocycles. The number of halogens is 1. The predicted molar refractivity (Wildman–Crippen MR) is 86.8 cm³/mol. The highest BCUT2D eigenvalue weighted by atomic mass is 35.5. The third-order valence-electron chi connectivity index (χ3n) is 3.17. The molecule has 8 nitrogen and oxygen atoms in total. The first-order chi connectivity index (χ1) is 11.6. The van der Waals surface area contributed by atoms with Crippen LogP contribution in [-0.2, 0) is 4.79 Å². The zero-order valence-electron chi connectivity index (χ0n) is 12.7. The standard InChI is InChI=1S/C15H13ClN4O4/c1-9-6-13(16)18-14(17-9)19-15(22)20(8-21)10-2-3-11-12(7-10)24-5-4-23-11/h2-3,6-8H,4-5H2,1H3,(H,17,18,19,22). The number of imide groups is 1. The molecule has 0 spiro atoms. The molecule has 0 radical (unpaired) electrons. The zero-order valence-corrected chi connectivity index (χ0v) is 13.4. The van der Waals surface area contributed by atoms with E-state index in [2.05, 4.69) is 15.3 Å². The molecule has 3 amide bonds. The van der Waals surface area contributed by atoms with Crippen LogP contribution in [0.5, 0.6) is 11.5 Å². The van der Waals surface area contributed by atoms with Crippen LogP contribution in [0.4, 0.5) is 16.4 Å². The predicted octanol–water partition coefficient (Wildman–Crippen LogP) is 2.40. The molecule has 24 heavy (non-hydrogen) atoms. The number of carbonyl (C=O) groups excluding carboxylic acids is 2. The second kappa shape index (κ2) is 6.71. The van der Waals surface area contributed by atoms with Gasteiger partial charge in [-0.15, -0.1) is 0 Å². The Hall–Kier alpha value is -2.87. The molecule has 0 bridgehead atoms.